The maximum atomic E-state index is 5.63. The Morgan fingerprint density at radius 3 is 1.57 bits per heavy atom. The molecule has 2 heterocycles. The van der Waals surface area contributed by atoms with Gasteiger partial charge in [-0.1, -0.05) is 60.7 Å². The standard InChI is InChI=1S/C20H21N3O2.2ClH.Cu/c1-3-7-15(8-4-1)11-17-13-24-19(21-17)23-20-22-18(14-25-20)12-16-9-5-2-6-10-16;;;/h1-10,17-18H,11-14H2,(H,21,22,23);2*1H;/q;;;+2/p-2/t17-,18-;;;/m0.../s1. The van der Waals surface area contributed by atoms with E-state index in [9.17, 15) is 0 Å². The van der Waals surface area contributed by atoms with Crippen LogP contribution in [0.4, 0.5) is 0 Å². The topological polar surface area (TPSA) is 55.2 Å². The number of aliphatic imine (C=N–C) groups is 2. The van der Waals surface area contributed by atoms with Crippen molar-refractivity contribution in [1.82, 2.24) is 5.32 Å². The summed E-state index contributed by atoms with van der Waals surface area (Å²) < 4.78 is 11.3. The third kappa shape index (κ3) is 6.71. The van der Waals surface area contributed by atoms with E-state index in [1.54, 1.807) is 0 Å². The Kier molecular flexibility index (Phi) is 8.49. The number of nitrogens with one attached hydrogen (secondary N) is 1. The van der Waals surface area contributed by atoms with Gasteiger partial charge in [0, 0.05) is 0 Å². The maximum Gasteiger partial charge on any atom is 0.293 e. The molecule has 0 saturated carbocycles. The third-order valence-corrected chi connectivity index (χ3v) is 4.27. The molecule has 0 aromatic heterocycles. The molecule has 153 valence electrons. The first kappa shape index (κ1) is 21.0. The summed E-state index contributed by atoms with van der Waals surface area (Å²) in [6, 6.07) is 21.9. The van der Waals surface area contributed by atoms with Gasteiger partial charge in [-0.25, -0.2) is 9.98 Å². The average Bonchev–Trinajstić information content (AvgIpc) is 3.34. The molecule has 2 aliphatic rings. The Balaban J connectivity index is 0.000000706. The Bertz CT molecular complexity index is 725. The molecule has 28 heavy (non-hydrogen) atoms. The number of nitrogens with zero attached hydrogens (tertiary/aromatic N) is 2. The summed E-state index contributed by atoms with van der Waals surface area (Å²) in [5, 5.41) is 3.06. The van der Waals surface area contributed by atoms with Crippen molar-refractivity contribution >= 4 is 32.2 Å². The number of hydrogen-bond donors (Lipinski definition) is 1. The SMILES string of the molecule is [Cl][Cu][Cl].c1ccc(C[C@H]2COC(NC3=N[C@@H](Cc4ccccc4)CO3)=N2)cc1. The summed E-state index contributed by atoms with van der Waals surface area (Å²) in [5.41, 5.74) is 2.52. The fraction of sp³-hybridized carbons (Fsp3) is 0.300. The van der Waals surface area contributed by atoms with Gasteiger partial charge in [-0.15, -0.1) is 0 Å². The van der Waals surface area contributed by atoms with Gasteiger partial charge in [0.05, 0.1) is 12.1 Å². The van der Waals surface area contributed by atoms with Gasteiger partial charge in [0.1, 0.15) is 13.2 Å². The van der Waals surface area contributed by atoms with Crippen LogP contribution in [0.1, 0.15) is 11.1 Å². The second-order valence-corrected chi connectivity index (χ2v) is 7.90. The van der Waals surface area contributed by atoms with Crippen molar-refractivity contribution in [2.75, 3.05) is 13.2 Å². The smallest absolute Gasteiger partial charge is 0.293 e. The normalized spacial score (nSPS) is 20.4. The Labute approximate surface area is 179 Å². The second kappa shape index (κ2) is 11.3. The molecule has 2 aliphatic heterocycles. The van der Waals surface area contributed by atoms with Gasteiger partial charge in [0.25, 0.3) is 12.0 Å². The fourth-order valence-electron chi connectivity index (χ4n) is 3.04. The quantitative estimate of drug-likeness (QED) is 0.690. The number of halogens is 2. The Hall–Kier alpha value is -1.72. The van der Waals surface area contributed by atoms with Crippen LogP contribution in [-0.2, 0) is 35.4 Å². The van der Waals surface area contributed by atoms with Gasteiger partial charge in [-0.3, -0.25) is 5.32 Å². The summed E-state index contributed by atoms with van der Waals surface area (Å²) in [7, 11) is 9.34. The van der Waals surface area contributed by atoms with Crippen LogP contribution in [0.2, 0.25) is 0 Å². The van der Waals surface area contributed by atoms with Crippen LogP contribution in [0.15, 0.2) is 70.6 Å². The molecule has 0 saturated heterocycles. The molecule has 2 aromatic rings. The van der Waals surface area contributed by atoms with E-state index in [4.69, 9.17) is 9.47 Å². The van der Waals surface area contributed by atoms with E-state index >= 15 is 0 Å². The van der Waals surface area contributed by atoms with E-state index in [1.807, 2.05) is 36.4 Å². The molecular weight excluding hydrogens is 449 g/mol. The Morgan fingerprint density at radius 1 is 0.786 bits per heavy atom. The summed E-state index contributed by atoms with van der Waals surface area (Å²) in [4.78, 5) is 9.16. The zero-order chi connectivity index (χ0) is 19.6. The van der Waals surface area contributed by atoms with Crippen molar-refractivity contribution in [1.29, 1.82) is 0 Å². The van der Waals surface area contributed by atoms with Crippen LogP contribution < -0.4 is 5.32 Å². The molecular formula is C20H21Cl2CuN3O2. The largest absolute Gasteiger partial charge is 0.463 e. The van der Waals surface area contributed by atoms with E-state index in [-0.39, 0.29) is 12.1 Å². The first-order valence-corrected chi connectivity index (χ1v) is 11.4. The molecule has 0 spiro atoms. The molecule has 0 aliphatic carbocycles. The first-order valence-electron chi connectivity index (χ1n) is 8.84. The first-order chi connectivity index (χ1) is 13.8. The molecule has 5 nitrogen and oxygen atoms in total. The van der Waals surface area contributed by atoms with Gasteiger partial charge in [0.15, 0.2) is 0 Å². The van der Waals surface area contributed by atoms with E-state index in [0.717, 1.165) is 26.0 Å². The number of amidine groups is 2. The molecule has 4 rings (SSSR count). The second-order valence-electron chi connectivity index (χ2n) is 6.35. The van der Waals surface area contributed by atoms with Gasteiger partial charge in [-0.2, -0.15) is 0 Å². The molecule has 2 aromatic carbocycles. The predicted molar refractivity (Wildman–Crippen MR) is 109 cm³/mol. The molecule has 0 radical (unpaired) electrons. The van der Waals surface area contributed by atoms with Crippen molar-refractivity contribution in [3.8, 4) is 0 Å². The zero-order valence-corrected chi connectivity index (χ0v) is 17.5. The van der Waals surface area contributed by atoms with Crippen LogP contribution in [0.5, 0.6) is 0 Å². The monoisotopic (exact) mass is 468 g/mol. The number of benzene rings is 2. The summed E-state index contributed by atoms with van der Waals surface area (Å²) in [5.74, 6) is 0. The van der Waals surface area contributed by atoms with Gasteiger partial charge >= 0.3 is 33.3 Å². The van der Waals surface area contributed by atoms with Crippen LogP contribution in [0.25, 0.3) is 0 Å². The van der Waals surface area contributed by atoms with E-state index in [2.05, 4.69) is 59.8 Å². The molecule has 1 N–H and O–H groups in total. The van der Waals surface area contributed by atoms with Crippen LogP contribution >= 0.6 is 20.2 Å². The van der Waals surface area contributed by atoms with Crippen LogP contribution in [0.3, 0.4) is 0 Å². The molecule has 0 bridgehead atoms. The van der Waals surface area contributed by atoms with Crippen LogP contribution in [0, 0.1) is 0 Å². The summed E-state index contributed by atoms with van der Waals surface area (Å²) in [6.07, 6.45) is 1.74. The molecule has 0 fully saturated rings. The molecule has 0 unspecified atom stereocenters. The van der Waals surface area contributed by atoms with Gasteiger partial charge in [0.2, 0.25) is 0 Å². The zero-order valence-electron chi connectivity index (χ0n) is 15.0. The van der Waals surface area contributed by atoms with Crippen molar-refractivity contribution in [2.45, 2.75) is 24.9 Å². The molecule has 0 amide bonds. The summed E-state index contributed by atoms with van der Waals surface area (Å²) >= 11 is 0.757. The minimum Gasteiger partial charge on any atom is -0.463 e. The summed E-state index contributed by atoms with van der Waals surface area (Å²) in [6.45, 7) is 1.16. The van der Waals surface area contributed by atoms with Gasteiger partial charge < -0.3 is 9.47 Å². The molecule has 8 heteroatoms. The van der Waals surface area contributed by atoms with Crippen molar-refractivity contribution in [2.24, 2.45) is 9.98 Å². The van der Waals surface area contributed by atoms with E-state index in [0.29, 0.717) is 25.3 Å². The third-order valence-electron chi connectivity index (χ3n) is 4.27. The van der Waals surface area contributed by atoms with E-state index < -0.39 is 0 Å². The number of hydrogen-bond acceptors (Lipinski definition) is 5. The minimum absolute atomic E-state index is 0.131. The Morgan fingerprint density at radius 2 is 1.18 bits per heavy atom. The maximum absolute atomic E-state index is 5.63. The van der Waals surface area contributed by atoms with Crippen molar-refractivity contribution < 1.29 is 22.6 Å². The van der Waals surface area contributed by atoms with Crippen molar-refractivity contribution in [3.63, 3.8) is 0 Å². The fourth-order valence-corrected chi connectivity index (χ4v) is 3.04. The van der Waals surface area contributed by atoms with E-state index in [1.165, 1.54) is 11.1 Å². The van der Waals surface area contributed by atoms with Crippen molar-refractivity contribution in [3.05, 3.63) is 71.8 Å². The van der Waals surface area contributed by atoms with Crippen LogP contribution in [-0.4, -0.2) is 37.3 Å². The predicted octanol–water partition coefficient (Wildman–Crippen LogP) is 3.95. The average molecular weight is 470 g/mol. The number of ether oxygens (including phenoxy) is 2. The number of rotatable bonds is 4. The molecule has 2 atom stereocenters. The van der Waals surface area contributed by atoms with Gasteiger partial charge in [-0.05, 0) is 24.0 Å². The minimum atomic E-state index is 0.131.